The van der Waals surface area contributed by atoms with Gasteiger partial charge in [0.25, 0.3) is 0 Å². The molecule has 0 aliphatic carbocycles. The van der Waals surface area contributed by atoms with Gasteiger partial charge in [0.2, 0.25) is 0 Å². The van der Waals surface area contributed by atoms with Gasteiger partial charge < -0.3 is 10.0 Å². The van der Waals surface area contributed by atoms with Gasteiger partial charge in [0.15, 0.2) is 0 Å². The van der Waals surface area contributed by atoms with Crippen LogP contribution in [0.5, 0.6) is 0 Å². The molecule has 106 valence electrons. The number of unbranched alkanes of at least 4 members (excludes halogenated alkanes) is 8. The minimum Gasteiger partial charge on any atom is -0.396 e. The van der Waals surface area contributed by atoms with E-state index in [0.29, 0.717) is 6.61 Å². The summed E-state index contributed by atoms with van der Waals surface area (Å²) in [6.45, 7) is 9.09. The Bertz CT molecular complexity index is 213. The lowest BCUT2D eigenvalue weighted by Crippen LogP contribution is -2.16. The minimum atomic E-state index is 0.351. The van der Waals surface area contributed by atoms with Crippen LogP contribution in [0.3, 0.4) is 0 Å². The molecule has 2 nitrogen and oxygen atoms in total. The molecule has 18 heavy (non-hydrogen) atoms. The van der Waals surface area contributed by atoms with Crippen molar-refractivity contribution >= 4 is 0 Å². The largest absolute Gasteiger partial charge is 0.396 e. The van der Waals surface area contributed by atoms with Crippen molar-refractivity contribution in [3.8, 4) is 0 Å². The third-order valence-corrected chi connectivity index (χ3v) is 3.38. The molecule has 0 aromatic carbocycles. The number of hydrogen-bond acceptors (Lipinski definition) is 2. The van der Waals surface area contributed by atoms with Crippen LogP contribution < -0.4 is 0 Å². The fourth-order valence-electron chi connectivity index (χ4n) is 2.00. The molecular formula is C16H31NO. The lowest BCUT2D eigenvalue weighted by Gasteiger charge is -2.18. The highest BCUT2D eigenvalue weighted by molar-refractivity contribution is 5.08. The molecule has 0 spiro atoms. The average Bonchev–Trinajstić information content (AvgIpc) is 2.39. The summed E-state index contributed by atoms with van der Waals surface area (Å²) in [5, 5.41) is 8.65. The van der Waals surface area contributed by atoms with Crippen LogP contribution in [0.25, 0.3) is 0 Å². The second-order valence-corrected chi connectivity index (χ2v) is 5.02. The van der Waals surface area contributed by atoms with Crippen molar-refractivity contribution in [2.45, 2.75) is 57.8 Å². The molecule has 0 radical (unpaired) electrons. The van der Waals surface area contributed by atoms with Gasteiger partial charge >= 0.3 is 0 Å². The number of aliphatic hydroxyl groups is 1. The molecule has 0 aliphatic heterocycles. The standard InChI is InChI=1S/C16H31NO/c1-4-16(2)17(3)14-12-10-8-6-5-7-9-11-13-15-18/h4,18H,1-2,5-15H2,3H3. The van der Waals surface area contributed by atoms with Crippen LogP contribution in [-0.2, 0) is 0 Å². The summed E-state index contributed by atoms with van der Waals surface area (Å²) in [6.07, 6.45) is 13.2. The third-order valence-electron chi connectivity index (χ3n) is 3.38. The zero-order valence-corrected chi connectivity index (χ0v) is 12.2. The Kier molecular flexibility index (Phi) is 12.2. The second-order valence-electron chi connectivity index (χ2n) is 5.02. The molecule has 0 saturated carbocycles. The quantitative estimate of drug-likeness (QED) is 0.394. The first kappa shape index (κ1) is 17.2. The normalized spacial score (nSPS) is 10.3. The first-order valence-electron chi connectivity index (χ1n) is 7.35. The monoisotopic (exact) mass is 253 g/mol. The zero-order chi connectivity index (χ0) is 13.6. The van der Waals surface area contributed by atoms with Gasteiger partial charge in [-0.1, -0.05) is 58.1 Å². The van der Waals surface area contributed by atoms with E-state index in [2.05, 4.69) is 25.1 Å². The molecule has 0 heterocycles. The van der Waals surface area contributed by atoms with Gasteiger partial charge in [-0.25, -0.2) is 0 Å². The summed E-state index contributed by atoms with van der Waals surface area (Å²) in [5.41, 5.74) is 1.01. The molecular weight excluding hydrogens is 222 g/mol. The maximum atomic E-state index is 8.65. The van der Waals surface area contributed by atoms with E-state index in [1.165, 1.54) is 51.4 Å². The summed E-state index contributed by atoms with van der Waals surface area (Å²) in [7, 11) is 2.07. The van der Waals surface area contributed by atoms with Crippen molar-refractivity contribution in [1.82, 2.24) is 4.90 Å². The van der Waals surface area contributed by atoms with E-state index in [0.717, 1.165) is 18.7 Å². The Morgan fingerprint density at radius 3 is 1.83 bits per heavy atom. The number of allylic oxidation sites excluding steroid dienone is 1. The Morgan fingerprint density at radius 2 is 1.39 bits per heavy atom. The van der Waals surface area contributed by atoms with Crippen LogP contribution in [0.4, 0.5) is 0 Å². The summed E-state index contributed by atoms with van der Waals surface area (Å²) in [4.78, 5) is 2.17. The average molecular weight is 253 g/mol. The van der Waals surface area contributed by atoms with Gasteiger partial charge in [0.1, 0.15) is 0 Å². The molecule has 0 fully saturated rings. The minimum absolute atomic E-state index is 0.351. The predicted molar refractivity (Wildman–Crippen MR) is 80.6 cm³/mol. The summed E-state index contributed by atoms with van der Waals surface area (Å²) in [5.74, 6) is 0. The van der Waals surface area contributed by atoms with Crippen LogP contribution in [0.1, 0.15) is 57.8 Å². The molecule has 0 unspecified atom stereocenters. The molecule has 2 heteroatoms. The van der Waals surface area contributed by atoms with Crippen LogP contribution in [0, 0.1) is 0 Å². The van der Waals surface area contributed by atoms with Crippen LogP contribution in [0.15, 0.2) is 24.9 Å². The Hall–Kier alpha value is -0.760. The van der Waals surface area contributed by atoms with Gasteiger partial charge in [-0.05, 0) is 18.9 Å². The fraction of sp³-hybridized carbons (Fsp3) is 0.750. The van der Waals surface area contributed by atoms with Crippen molar-refractivity contribution in [3.63, 3.8) is 0 Å². The highest BCUT2D eigenvalue weighted by atomic mass is 16.2. The fourth-order valence-corrected chi connectivity index (χ4v) is 2.00. The summed E-state index contributed by atoms with van der Waals surface area (Å²) >= 11 is 0. The van der Waals surface area contributed by atoms with Crippen molar-refractivity contribution < 1.29 is 5.11 Å². The van der Waals surface area contributed by atoms with E-state index in [4.69, 9.17) is 5.11 Å². The first-order valence-corrected chi connectivity index (χ1v) is 7.35. The molecule has 0 atom stereocenters. The molecule has 1 N–H and O–H groups in total. The number of likely N-dealkylation sites (N-methyl/N-ethyl adjacent to an activating group) is 1. The molecule has 0 aromatic heterocycles. The van der Waals surface area contributed by atoms with E-state index in [-0.39, 0.29) is 0 Å². The Morgan fingerprint density at radius 1 is 0.944 bits per heavy atom. The van der Waals surface area contributed by atoms with Crippen molar-refractivity contribution in [2.24, 2.45) is 0 Å². The molecule has 0 rings (SSSR count). The molecule has 0 saturated heterocycles. The van der Waals surface area contributed by atoms with Crippen molar-refractivity contribution in [1.29, 1.82) is 0 Å². The number of hydrogen-bond donors (Lipinski definition) is 1. The topological polar surface area (TPSA) is 23.5 Å². The van der Waals surface area contributed by atoms with E-state index >= 15 is 0 Å². The molecule has 0 amide bonds. The van der Waals surface area contributed by atoms with Crippen molar-refractivity contribution in [3.05, 3.63) is 24.9 Å². The SMILES string of the molecule is C=CC(=C)N(C)CCCCCCCCCCCO. The smallest absolute Gasteiger partial charge is 0.0431 e. The zero-order valence-electron chi connectivity index (χ0n) is 12.2. The highest BCUT2D eigenvalue weighted by Crippen LogP contribution is 2.10. The maximum absolute atomic E-state index is 8.65. The Labute approximate surface area is 113 Å². The molecule has 0 bridgehead atoms. The van der Waals surface area contributed by atoms with Crippen LogP contribution in [0.2, 0.25) is 0 Å². The number of nitrogens with zero attached hydrogens (tertiary/aromatic N) is 1. The highest BCUT2D eigenvalue weighted by Gasteiger charge is 1.97. The molecule has 0 aliphatic rings. The molecule has 0 aromatic rings. The number of aliphatic hydroxyl groups excluding tert-OH is 1. The van der Waals surface area contributed by atoms with Gasteiger partial charge in [-0.3, -0.25) is 0 Å². The van der Waals surface area contributed by atoms with E-state index in [9.17, 15) is 0 Å². The predicted octanol–water partition coefficient (Wildman–Crippen LogP) is 4.12. The first-order chi connectivity index (χ1) is 8.72. The number of rotatable bonds is 13. The third kappa shape index (κ3) is 10.4. The van der Waals surface area contributed by atoms with Gasteiger partial charge in [-0.15, -0.1) is 0 Å². The second kappa shape index (κ2) is 12.7. The Balaban J connectivity index is 3.16. The van der Waals surface area contributed by atoms with Gasteiger partial charge in [0, 0.05) is 25.9 Å². The van der Waals surface area contributed by atoms with E-state index < -0.39 is 0 Å². The van der Waals surface area contributed by atoms with Crippen molar-refractivity contribution in [2.75, 3.05) is 20.2 Å². The maximum Gasteiger partial charge on any atom is 0.0431 e. The lowest BCUT2D eigenvalue weighted by atomic mass is 10.1. The lowest BCUT2D eigenvalue weighted by molar-refractivity contribution is 0.282. The van der Waals surface area contributed by atoms with Crippen LogP contribution >= 0.6 is 0 Å². The van der Waals surface area contributed by atoms with E-state index in [1.807, 2.05) is 6.08 Å². The van der Waals surface area contributed by atoms with E-state index in [1.54, 1.807) is 0 Å². The van der Waals surface area contributed by atoms with Gasteiger partial charge in [0.05, 0.1) is 0 Å². The summed E-state index contributed by atoms with van der Waals surface area (Å²) in [6, 6.07) is 0. The van der Waals surface area contributed by atoms with Crippen LogP contribution in [-0.4, -0.2) is 30.2 Å². The van der Waals surface area contributed by atoms with Gasteiger partial charge in [-0.2, -0.15) is 0 Å². The summed E-state index contributed by atoms with van der Waals surface area (Å²) < 4.78 is 0.